The average Bonchev–Trinajstić information content (AvgIpc) is 3.03. The van der Waals surface area contributed by atoms with E-state index in [-0.39, 0.29) is 11.4 Å². The van der Waals surface area contributed by atoms with Crippen LogP contribution in [0.3, 0.4) is 0 Å². The number of hydrogen-bond acceptors (Lipinski definition) is 4. The van der Waals surface area contributed by atoms with Crippen molar-refractivity contribution in [3.8, 4) is 0 Å². The van der Waals surface area contributed by atoms with Gasteiger partial charge in [0, 0.05) is 18.5 Å². The summed E-state index contributed by atoms with van der Waals surface area (Å²) in [4.78, 5) is 0. The summed E-state index contributed by atoms with van der Waals surface area (Å²) in [6, 6.07) is 12.7. The molecule has 0 unspecified atom stereocenters. The molecule has 0 aliphatic rings. The predicted molar refractivity (Wildman–Crippen MR) is 87.8 cm³/mol. The lowest BCUT2D eigenvalue weighted by Crippen LogP contribution is -1.99. The molecule has 24 heavy (non-hydrogen) atoms. The molecule has 3 nitrogen and oxygen atoms in total. The van der Waals surface area contributed by atoms with Gasteiger partial charge in [-0.2, -0.15) is 0 Å². The number of halogens is 3. The Hall–Kier alpha value is -2.41. The van der Waals surface area contributed by atoms with Crippen LogP contribution >= 0.6 is 11.3 Å². The normalized spacial score (nSPS) is 11.0. The molecule has 124 valence electrons. The number of aromatic nitrogens is 2. The van der Waals surface area contributed by atoms with Crippen molar-refractivity contribution in [3.05, 3.63) is 76.0 Å². The third kappa shape index (κ3) is 4.11. The average molecular weight is 349 g/mol. The van der Waals surface area contributed by atoms with Crippen LogP contribution in [0.5, 0.6) is 0 Å². The zero-order valence-electron chi connectivity index (χ0n) is 12.5. The van der Waals surface area contributed by atoms with E-state index in [9.17, 15) is 13.2 Å². The second kappa shape index (κ2) is 7.44. The van der Waals surface area contributed by atoms with Crippen molar-refractivity contribution in [2.75, 3.05) is 5.32 Å². The van der Waals surface area contributed by atoms with Gasteiger partial charge in [-0.15, -0.1) is 10.2 Å². The molecule has 0 bridgehead atoms. The first kappa shape index (κ1) is 16.4. The summed E-state index contributed by atoms with van der Waals surface area (Å²) in [5, 5.41) is 12.5. The van der Waals surface area contributed by atoms with Crippen LogP contribution in [0.1, 0.15) is 28.1 Å². The molecule has 0 atom stereocenters. The monoisotopic (exact) mass is 349 g/mol. The molecule has 3 aromatic rings. The van der Waals surface area contributed by atoms with Gasteiger partial charge in [0.05, 0.1) is 0 Å². The van der Waals surface area contributed by atoms with Crippen LogP contribution in [0.4, 0.5) is 18.3 Å². The standard InChI is InChI=1S/C17H14F3N3S/c18-14-4-2-1-3-13(14)9-15-22-23-17(24-15)21-10-11-5-7-12(8-6-11)16(19)20/h1-8,16H,9-10H2,(H,21,23). The van der Waals surface area contributed by atoms with Gasteiger partial charge in [0.1, 0.15) is 10.8 Å². The van der Waals surface area contributed by atoms with Crippen molar-refractivity contribution in [3.63, 3.8) is 0 Å². The summed E-state index contributed by atoms with van der Waals surface area (Å²) in [6.07, 6.45) is -2.08. The second-order valence-electron chi connectivity index (χ2n) is 5.16. The van der Waals surface area contributed by atoms with Gasteiger partial charge in [-0.3, -0.25) is 0 Å². The largest absolute Gasteiger partial charge is 0.356 e. The Labute approximate surface area is 141 Å². The van der Waals surface area contributed by atoms with Crippen molar-refractivity contribution >= 4 is 16.5 Å². The highest BCUT2D eigenvalue weighted by molar-refractivity contribution is 7.15. The molecular weight excluding hydrogens is 335 g/mol. The number of nitrogens with zero attached hydrogens (tertiary/aromatic N) is 2. The highest BCUT2D eigenvalue weighted by Crippen LogP contribution is 2.22. The number of nitrogens with one attached hydrogen (secondary N) is 1. The predicted octanol–water partition coefficient (Wildman–Crippen LogP) is 4.82. The summed E-state index contributed by atoms with van der Waals surface area (Å²) in [6.45, 7) is 0.456. The van der Waals surface area contributed by atoms with Crippen molar-refractivity contribution in [1.29, 1.82) is 0 Å². The molecule has 0 spiro atoms. The summed E-state index contributed by atoms with van der Waals surface area (Å²) in [5.74, 6) is -0.263. The lowest BCUT2D eigenvalue weighted by molar-refractivity contribution is 0.151. The molecule has 0 radical (unpaired) electrons. The van der Waals surface area contributed by atoms with E-state index < -0.39 is 6.43 Å². The van der Waals surface area contributed by atoms with Gasteiger partial charge in [0.15, 0.2) is 0 Å². The van der Waals surface area contributed by atoms with Crippen LogP contribution in [0, 0.1) is 5.82 Å². The maximum Gasteiger partial charge on any atom is 0.263 e. The van der Waals surface area contributed by atoms with E-state index >= 15 is 0 Å². The van der Waals surface area contributed by atoms with Crippen molar-refractivity contribution < 1.29 is 13.2 Å². The minimum Gasteiger partial charge on any atom is -0.356 e. The van der Waals surface area contributed by atoms with E-state index in [1.54, 1.807) is 30.3 Å². The zero-order chi connectivity index (χ0) is 16.9. The van der Waals surface area contributed by atoms with Crippen molar-refractivity contribution in [2.45, 2.75) is 19.4 Å². The Morgan fingerprint density at radius 2 is 1.75 bits per heavy atom. The summed E-state index contributed by atoms with van der Waals surface area (Å²) in [5.41, 5.74) is 1.44. The first-order valence-electron chi connectivity index (χ1n) is 7.28. The Bertz CT molecular complexity index is 803. The Balaban J connectivity index is 1.59. The Kier molecular flexibility index (Phi) is 5.10. The quantitative estimate of drug-likeness (QED) is 0.693. The SMILES string of the molecule is Fc1ccccc1Cc1nnc(NCc2ccc(C(F)F)cc2)s1. The lowest BCUT2D eigenvalue weighted by atomic mass is 10.1. The zero-order valence-corrected chi connectivity index (χ0v) is 13.4. The van der Waals surface area contributed by atoms with E-state index in [4.69, 9.17) is 0 Å². The van der Waals surface area contributed by atoms with E-state index in [2.05, 4.69) is 15.5 Å². The fraction of sp³-hybridized carbons (Fsp3) is 0.176. The first-order valence-corrected chi connectivity index (χ1v) is 8.10. The van der Waals surface area contributed by atoms with Gasteiger partial charge in [-0.25, -0.2) is 13.2 Å². The van der Waals surface area contributed by atoms with Crippen molar-refractivity contribution in [1.82, 2.24) is 10.2 Å². The Morgan fingerprint density at radius 1 is 1.00 bits per heavy atom. The molecule has 0 fully saturated rings. The van der Waals surface area contributed by atoms with E-state index in [0.29, 0.717) is 28.7 Å². The molecule has 0 aliphatic heterocycles. The van der Waals surface area contributed by atoms with Gasteiger partial charge in [-0.05, 0) is 17.2 Å². The molecule has 0 saturated carbocycles. The minimum atomic E-state index is -2.46. The molecular formula is C17H14F3N3S. The third-order valence-corrected chi connectivity index (χ3v) is 4.32. The van der Waals surface area contributed by atoms with Crippen LogP contribution in [0.25, 0.3) is 0 Å². The summed E-state index contributed by atoms with van der Waals surface area (Å²) < 4.78 is 38.6. The van der Waals surface area contributed by atoms with E-state index in [1.807, 2.05) is 0 Å². The highest BCUT2D eigenvalue weighted by Gasteiger charge is 2.09. The number of hydrogen-bond donors (Lipinski definition) is 1. The molecule has 2 aromatic carbocycles. The van der Waals surface area contributed by atoms with E-state index in [0.717, 1.165) is 5.56 Å². The van der Waals surface area contributed by atoms with Crippen molar-refractivity contribution in [2.24, 2.45) is 0 Å². The van der Waals surface area contributed by atoms with E-state index in [1.165, 1.54) is 29.5 Å². The first-order chi connectivity index (χ1) is 11.6. The van der Waals surface area contributed by atoms with Gasteiger partial charge in [-0.1, -0.05) is 53.8 Å². The molecule has 1 N–H and O–H groups in total. The maximum atomic E-state index is 13.6. The highest BCUT2D eigenvalue weighted by atomic mass is 32.1. The number of rotatable bonds is 6. The van der Waals surface area contributed by atoms with Crippen LogP contribution < -0.4 is 5.32 Å². The van der Waals surface area contributed by atoms with Crippen LogP contribution in [-0.2, 0) is 13.0 Å². The van der Waals surface area contributed by atoms with Gasteiger partial charge < -0.3 is 5.32 Å². The van der Waals surface area contributed by atoms with Crippen LogP contribution in [0.2, 0.25) is 0 Å². The second-order valence-corrected chi connectivity index (χ2v) is 6.23. The number of anilines is 1. The van der Waals surface area contributed by atoms with Crippen LogP contribution in [-0.4, -0.2) is 10.2 Å². The van der Waals surface area contributed by atoms with Gasteiger partial charge >= 0.3 is 0 Å². The molecule has 0 amide bonds. The molecule has 0 aliphatic carbocycles. The topological polar surface area (TPSA) is 37.8 Å². The molecule has 3 rings (SSSR count). The number of benzene rings is 2. The molecule has 0 saturated heterocycles. The van der Waals surface area contributed by atoms with Gasteiger partial charge in [0.2, 0.25) is 5.13 Å². The smallest absolute Gasteiger partial charge is 0.263 e. The summed E-state index contributed by atoms with van der Waals surface area (Å²) >= 11 is 1.34. The maximum absolute atomic E-state index is 13.6. The Morgan fingerprint density at radius 3 is 2.46 bits per heavy atom. The summed E-state index contributed by atoms with van der Waals surface area (Å²) in [7, 11) is 0. The van der Waals surface area contributed by atoms with Crippen LogP contribution in [0.15, 0.2) is 48.5 Å². The third-order valence-electron chi connectivity index (χ3n) is 3.44. The minimum absolute atomic E-state index is 0.00170. The van der Waals surface area contributed by atoms with Gasteiger partial charge in [0.25, 0.3) is 6.43 Å². The molecule has 1 aromatic heterocycles. The molecule has 1 heterocycles. The lowest BCUT2D eigenvalue weighted by Gasteiger charge is -2.04. The number of alkyl halides is 2. The fourth-order valence-corrected chi connectivity index (χ4v) is 2.92. The fourth-order valence-electron chi connectivity index (χ4n) is 2.16. The molecule has 7 heteroatoms.